The van der Waals surface area contributed by atoms with E-state index in [0.717, 1.165) is 17.7 Å². The molecular weight excluding hydrogens is 232 g/mol. The number of hydrogen-bond acceptors (Lipinski definition) is 4. The highest BCUT2D eigenvalue weighted by atomic mass is 35.5. The summed E-state index contributed by atoms with van der Waals surface area (Å²) in [6, 6.07) is 0. The van der Waals surface area contributed by atoms with E-state index in [9.17, 15) is 4.79 Å². The second-order valence-electron chi connectivity index (χ2n) is 3.48. The minimum Gasteiger partial charge on any atom is -0.465 e. The fourth-order valence-corrected chi connectivity index (χ4v) is 1.91. The van der Waals surface area contributed by atoms with Crippen LogP contribution in [0.2, 0.25) is 5.15 Å². The molecule has 0 aromatic carbocycles. The van der Waals surface area contributed by atoms with Gasteiger partial charge in [0.25, 0.3) is 0 Å². The molecule has 0 atom stereocenters. The number of carbonyl (C=O) groups is 1. The molecule has 0 saturated heterocycles. The zero-order valence-corrected chi connectivity index (χ0v) is 9.79. The molecule has 1 aromatic heterocycles. The molecule has 0 spiro atoms. The van der Waals surface area contributed by atoms with Crippen molar-refractivity contribution in [2.75, 3.05) is 13.2 Å². The second kappa shape index (κ2) is 4.84. The summed E-state index contributed by atoms with van der Waals surface area (Å²) >= 11 is 6.10. The zero-order chi connectivity index (χ0) is 11.5. The molecule has 0 aliphatic carbocycles. The van der Waals surface area contributed by atoms with E-state index in [0.29, 0.717) is 25.0 Å². The lowest BCUT2D eigenvalue weighted by Crippen LogP contribution is -2.14. The molecule has 2 rings (SSSR count). The molecule has 0 amide bonds. The number of carbonyl (C=O) groups excluding carboxylic acids is 1. The molecule has 0 bridgehead atoms. The highest BCUT2D eigenvalue weighted by Crippen LogP contribution is 2.24. The summed E-state index contributed by atoms with van der Waals surface area (Å²) < 4.78 is 11.6. The van der Waals surface area contributed by atoms with Crippen LogP contribution in [0.15, 0.2) is 0 Å². The SMILES string of the molecule is CCOC(=O)Cn1nc2c(c1Cl)COCC2. The summed E-state index contributed by atoms with van der Waals surface area (Å²) in [6.07, 6.45) is 0.741. The summed E-state index contributed by atoms with van der Waals surface area (Å²) in [5.74, 6) is -0.329. The summed E-state index contributed by atoms with van der Waals surface area (Å²) in [4.78, 5) is 11.3. The molecule has 0 radical (unpaired) electrons. The molecular formula is C10H13ClN2O3. The largest absolute Gasteiger partial charge is 0.465 e. The zero-order valence-electron chi connectivity index (χ0n) is 9.03. The van der Waals surface area contributed by atoms with Crippen molar-refractivity contribution in [3.05, 3.63) is 16.4 Å². The topological polar surface area (TPSA) is 53.4 Å². The maximum absolute atomic E-state index is 11.3. The molecule has 16 heavy (non-hydrogen) atoms. The molecule has 0 fully saturated rings. The number of hydrogen-bond donors (Lipinski definition) is 0. The summed E-state index contributed by atoms with van der Waals surface area (Å²) in [6.45, 7) is 3.30. The Balaban J connectivity index is 2.15. The Hall–Kier alpha value is -1.07. The van der Waals surface area contributed by atoms with Crippen LogP contribution in [-0.2, 0) is 33.8 Å². The quantitative estimate of drug-likeness (QED) is 0.749. The minimum atomic E-state index is -0.329. The van der Waals surface area contributed by atoms with E-state index in [1.807, 2.05) is 0 Å². The lowest BCUT2D eigenvalue weighted by molar-refractivity contribution is -0.144. The van der Waals surface area contributed by atoms with Gasteiger partial charge in [-0.25, -0.2) is 4.68 Å². The normalized spacial score (nSPS) is 14.6. The maximum Gasteiger partial charge on any atom is 0.327 e. The molecule has 1 aromatic rings. The van der Waals surface area contributed by atoms with Gasteiger partial charge >= 0.3 is 5.97 Å². The fraction of sp³-hybridized carbons (Fsp3) is 0.600. The van der Waals surface area contributed by atoms with E-state index < -0.39 is 0 Å². The molecule has 0 saturated carbocycles. The highest BCUT2D eigenvalue weighted by Gasteiger charge is 2.20. The van der Waals surface area contributed by atoms with E-state index >= 15 is 0 Å². The lowest BCUT2D eigenvalue weighted by Gasteiger charge is -2.09. The van der Waals surface area contributed by atoms with Crippen LogP contribution in [0.3, 0.4) is 0 Å². The Labute approximate surface area is 98.3 Å². The maximum atomic E-state index is 11.3. The van der Waals surface area contributed by atoms with Crippen molar-refractivity contribution >= 4 is 17.6 Å². The van der Waals surface area contributed by atoms with Gasteiger partial charge < -0.3 is 9.47 Å². The van der Waals surface area contributed by atoms with E-state index in [4.69, 9.17) is 21.1 Å². The standard InChI is InChI=1S/C10H13ClN2O3/c1-2-16-9(14)5-13-10(11)7-6-15-4-3-8(7)12-13/h2-6H2,1H3. The van der Waals surface area contributed by atoms with Crippen LogP contribution >= 0.6 is 11.6 Å². The first-order valence-electron chi connectivity index (χ1n) is 5.19. The van der Waals surface area contributed by atoms with E-state index in [2.05, 4.69) is 5.10 Å². The number of fused-ring (bicyclic) bond motifs is 1. The number of ether oxygens (including phenoxy) is 2. The van der Waals surface area contributed by atoms with Gasteiger partial charge in [-0.3, -0.25) is 4.79 Å². The van der Waals surface area contributed by atoms with Crippen molar-refractivity contribution in [2.45, 2.75) is 26.5 Å². The first-order chi connectivity index (χ1) is 7.72. The molecule has 5 nitrogen and oxygen atoms in total. The van der Waals surface area contributed by atoms with E-state index in [-0.39, 0.29) is 12.5 Å². The van der Waals surface area contributed by atoms with Crippen LogP contribution < -0.4 is 0 Å². The van der Waals surface area contributed by atoms with Crippen LogP contribution in [-0.4, -0.2) is 29.0 Å². The Morgan fingerprint density at radius 1 is 1.69 bits per heavy atom. The Bertz CT molecular complexity index is 403. The molecule has 6 heteroatoms. The van der Waals surface area contributed by atoms with E-state index in [1.165, 1.54) is 4.68 Å². The average molecular weight is 245 g/mol. The van der Waals surface area contributed by atoms with Gasteiger partial charge in [0.15, 0.2) is 0 Å². The second-order valence-corrected chi connectivity index (χ2v) is 3.84. The monoisotopic (exact) mass is 244 g/mol. The Morgan fingerprint density at radius 3 is 3.19 bits per heavy atom. The van der Waals surface area contributed by atoms with Crippen molar-refractivity contribution < 1.29 is 14.3 Å². The van der Waals surface area contributed by atoms with Crippen LogP contribution in [0, 0.1) is 0 Å². The highest BCUT2D eigenvalue weighted by molar-refractivity contribution is 6.30. The third-order valence-electron chi connectivity index (χ3n) is 2.38. The van der Waals surface area contributed by atoms with Gasteiger partial charge in [-0.15, -0.1) is 0 Å². The van der Waals surface area contributed by atoms with Crippen molar-refractivity contribution in [3.8, 4) is 0 Å². The van der Waals surface area contributed by atoms with Crippen LogP contribution in [0.1, 0.15) is 18.2 Å². The van der Waals surface area contributed by atoms with Crippen LogP contribution in [0.5, 0.6) is 0 Å². The fourth-order valence-electron chi connectivity index (χ4n) is 1.65. The lowest BCUT2D eigenvalue weighted by atomic mass is 10.2. The third-order valence-corrected chi connectivity index (χ3v) is 2.80. The number of aromatic nitrogens is 2. The number of esters is 1. The molecule has 0 N–H and O–H groups in total. The van der Waals surface area contributed by atoms with Gasteiger partial charge in [-0.1, -0.05) is 11.6 Å². The van der Waals surface area contributed by atoms with Gasteiger partial charge in [0, 0.05) is 12.0 Å². The van der Waals surface area contributed by atoms with Gasteiger partial charge in [-0.2, -0.15) is 5.10 Å². The summed E-state index contributed by atoms with van der Waals surface area (Å²) in [5, 5.41) is 4.75. The number of halogens is 1. The average Bonchev–Trinajstić information content (AvgIpc) is 2.57. The number of nitrogens with zero attached hydrogens (tertiary/aromatic N) is 2. The van der Waals surface area contributed by atoms with Crippen molar-refractivity contribution in [1.82, 2.24) is 9.78 Å². The first kappa shape index (κ1) is 11.4. The van der Waals surface area contributed by atoms with Crippen molar-refractivity contribution in [2.24, 2.45) is 0 Å². The Kier molecular flexibility index (Phi) is 3.46. The number of rotatable bonds is 3. The minimum absolute atomic E-state index is 0.0552. The third kappa shape index (κ3) is 2.20. The molecule has 0 unspecified atom stereocenters. The predicted octanol–water partition coefficient (Wildman–Crippen LogP) is 1.17. The van der Waals surface area contributed by atoms with Crippen LogP contribution in [0.25, 0.3) is 0 Å². The molecule has 2 heterocycles. The van der Waals surface area contributed by atoms with Crippen molar-refractivity contribution in [3.63, 3.8) is 0 Å². The first-order valence-corrected chi connectivity index (χ1v) is 5.57. The molecule has 88 valence electrons. The van der Waals surface area contributed by atoms with Gasteiger partial charge in [0.1, 0.15) is 11.7 Å². The predicted molar refractivity (Wildman–Crippen MR) is 57.2 cm³/mol. The summed E-state index contributed by atoms with van der Waals surface area (Å²) in [5.41, 5.74) is 1.80. The van der Waals surface area contributed by atoms with Gasteiger partial charge in [0.05, 0.1) is 25.5 Å². The molecule has 1 aliphatic heterocycles. The van der Waals surface area contributed by atoms with E-state index in [1.54, 1.807) is 6.92 Å². The van der Waals surface area contributed by atoms with Crippen LogP contribution in [0.4, 0.5) is 0 Å². The van der Waals surface area contributed by atoms with Gasteiger partial charge in [-0.05, 0) is 6.92 Å². The van der Waals surface area contributed by atoms with Crippen molar-refractivity contribution in [1.29, 1.82) is 0 Å². The Morgan fingerprint density at radius 2 is 2.50 bits per heavy atom. The smallest absolute Gasteiger partial charge is 0.327 e. The molecule has 1 aliphatic rings. The summed E-state index contributed by atoms with van der Waals surface area (Å²) in [7, 11) is 0. The van der Waals surface area contributed by atoms with Gasteiger partial charge in [0.2, 0.25) is 0 Å².